The summed E-state index contributed by atoms with van der Waals surface area (Å²) in [7, 11) is 3.36. The number of rotatable bonds is 14. The van der Waals surface area contributed by atoms with Crippen LogP contribution in [0.5, 0.6) is 5.75 Å². The third kappa shape index (κ3) is 9.50. The average Bonchev–Trinajstić information content (AvgIpc) is 3.95. The fourth-order valence-corrected chi connectivity index (χ4v) is 9.63. The second kappa shape index (κ2) is 19.6. The van der Waals surface area contributed by atoms with Crippen LogP contribution in [-0.4, -0.2) is 109 Å². The van der Waals surface area contributed by atoms with E-state index >= 15 is 0 Å². The Bertz CT molecular complexity index is 2300. The number of carbonyl (C=O) groups excluding carboxylic acids is 5. The van der Waals surface area contributed by atoms with Crippen LogP contribution in [0, 0.1) is 11.8 Å². The molecular weight excluding hydrogens is 803 g/mol. The minimum atomic E-state index is -0.657. The summed E-state index contributed by atoms with van der Waals surface area (Å²) in [4.78, 5) is 78.7. The molecule has 0 spiro atoms. The van der Waals surface area contributed by atoms with Gasteiger partial charge in [0.1, 0.15) is 23.5 Å². The fraction of sp³-hybridized carbons (Fsp3) is 0.511. The van der Waals surface area contributed by atoms with Crippen molar-refractivity contribution < 1.29 is 33.4 Å². The van der Waals surface area contributed by atoms with Gasteiger partial charge in [-0.05, 0) is 87.3 Å². The summed E-state index contributed by atoms with van der Waals surface area (Å²) in [6, 6.07) is 10.5. The number of benzene rings is 2. The quantitative estimate of drug-likeness (QED) is 0.101. The number of hydrogen-bond donors (Lipinski definition) is 4. The first kappa shape index (κ1) is 43.6. The van der Waals surface area contributed by atoms with Crippen LogP contribution in [0.3, 0.4) is 0 Å². The SMILES string of the molecule is CC[C@@H]1C(=O)N(C)c2cnc(Nc3ccc(C(=O)NC4CCC(NCCOCCC#Cc5cccc6c5CN(C5CCC(=O)NC5=O)C6=O)CC4)cc3OC)nc2N1C1CCCC1. The molecule has 63 heavy (non-hydrogen) atoms. The molecule has 3 fully saturated rings. The first-order chi connectivity index (χ1) is 30.6. The van der Waals surface area contributed by atoms with Gasteiger partial charge in [-0.3, -0.25) is 29.3 Å². The minimum Gasteiger partial charge on any atom is -0.495 e. The first-order valence-electron chi connectivity index (χ1n) is 22.4. The fourth-order valence-electron chi connectivity index (χ4n) is 9.63. The Hall–Kier alpha value is -6.05. The van der Waals surface area contributed by atoms with Gasteiger partial charge in [0.05, 0.1) is 32.2 Å². The van der Waals surface area contributed by atoms with Crippen LogP contribution in [0.15, 0.2) is 42.6 Å². The van der Waals surface area contributed by atoms with Gasteiger partial charge in [-0.2, -0.15) is 4.98 Å². The molecule has 4 heterocycles. The molecule has 2 saturated carbocycles. The maximum atomic E-state index is 13.4. The van der Waals surface area contributed by atoms with Crippen molar-refractivity contribution in [3.05, 3.63) is 64.8 Å². The number of anilines is 4. The summed E-state index contributed by atoms with van der Waals surface area (Å²) >= 11 is 0. The Morgan fingerprint density at radius 3 is 2.54 bits per heavy atom. The van der Waals surface area contributed by atoms with Crippen molar-refractivity contribution in [2.24, 2.45) is 0 Å². The number of hydrogen-bond acceptors (Lipinski definition) is 12. The van der Waals surface area contributed by atoms with E-state index in [1.165, 1.54) is 4.90 Å². The molecule has 5 aliphatic rings. The molecule has 5 amide bonds. The van der Waals surface area contributed by atoms with E-state index in [2.05, 4.69) is 43.0 Å². The highest BCUT2D eigenvalue weighted by Crippen LogP contribution is 2.40. The van der Waals surface area contributed by atoms with Gasteiger partial charge in [0.15, 0.2) is 5.82 Å². The average molecular weight is 860 g/mol. The first-order valence-corrected chi connectivity index (χ1v) is 22.4. The molecule has 4 N–H and O–H groups in total. The minimum absolute atomic E-state index is 0.0679. The van der Waals surface area contributed by atoms with Gasteiger partial charge in [-0.1, -0.05) is 37.7 Å². The summed E-state index contributed by atoms with van der Waals surface area (Å²) in [5.74, 6) is 6.96. The number of ether oxygens (including phenoxy) is 2. The lowest BCUT2D eigenvalue weighted by Gasteiger charge is -2.43. The van der Waals surface area contributed by atoms with Gasteiger partial charge < -0.3 is 40.1 Å². The van der Waals surface area contributed by atoms with E-state index in [4.69, 9.17) is 14.5 Å². The van der Waals surface area contributed by atoms with Crippen molar-refractivity contribution in [3.63, 3.8) is 0 Å². The summed E-state index contributed by atoms with van der Waals surface area (Å²) in [6.45, 7) is 4.08. The molecule has 16 nitrogen and oxygen atoms in total. The van der Waals surface area contributed by atoms with E-state index in [1.54, 1.807) is 49.5 Å². The van der Waals surface area contributed by atoms with E-state index in [1.807, 2.05) is 19.1 Å². The lowest BCUT2D eigenvalue weighted by atomic mass is 9.91. The normalized spacial score (nSPS) is 22.3. The molecule has 3 aromatic rings. The smallest absolute Gasteiger partial charge is 0.255 e. The van der Waals surface area contributed by atoms with Crippen LogP contribution in [0.1, 0.15) is 116 Å². The largest absolute Gasteiger partial charge is 0.495 e. The lowest BCUT2D eigenvalue weighted by Crippen LogP contribution is -2.55. The van der Waals surface area contributed by atoms with Crippen molar-refractivity contribution in [1.82, 2.24) is 30.8 Å². The molecule has 332 valence electrons. The second-order valence-electron chi connectivity index (χ2n) is 17.0. The number of aromatic nitrogens is 2. The van der Waals surface area contributed by atoms with E-state index < -0.39 is 11.9 Å². The van der Waals surface area contributed by atoms with Gasteiger partial charge >= 0.3 is 0 Å². The Kier molecular flexibility index (Phi) is 13.5. The summed E-state index contributed by atoms with van der Waals surface area (Å²) in [5.41, 5.74) is 3.96. The zero-order valence-corrected chi connectivity index (χ0v) is 36.3. The number of fused-ring (bicyclic) bond motifs is 2. The highest BCUT2D eigenvalue weighted by molar-refractivity contribution is 6.06. The van der Waals surface area contributed by atoms with Crippen LogP contribution in [0.4, 0.5) is 23.1 Å². The number of nitrogens with zero attached hydrogens (tertiary/aromatic N) is 5. The molecule has 2 aromatic carbocycles. The topological polar surface area (TPSA) is 187 Å². The maximum Gasteiger partial charge on any atom is 0.255 e. The van der Waals surface area contributed by atoms with Gasteiger partial charge in [0.2, 0.25) is 23.7 Å². The Balaban J connectivity index is 0.758. The van der Waals surface area contributed by atoms with Gasteiger partial charge in [0, 0.05) is 67.8 Å². The van der Waals surface area contributed by atoms with Crippen molar-refractivity contribution in [3.8, 4) is 17.6 Å². The Labute approximate surface area is 368 Å². The molecule has 0 bridgehead atoms. The zero-order chi connectivity index (χ0) is 44.0. The monoisotopic (exact) mass is 859 g/mol. The van der Waals surface area contributed by atoms with Crippen LogP contribution in [0.2, 0.25) is 0 Å². The Morgan fingerprint density at radius 1 is 0.984 bits per heavy atom. The molecule has 1 unspecified atom stereocenters. The maximum absolute atomic E-state index is 13.4. The van der Waals surface area contributed by atoms with Crippen LogP contribution >= 0.6 is 0 Å². The number of amides is 5. The Morgan fingerprint density at radius 2 is 1.78 bits per heavy atom. The third-order valence-electron chi connectivity index (χ3n) is 13.0. The van der Waals surface area contributed by atoms with Crippen LogP contribution < -0.4 is 35.8 Å². The second-order valence-corrected chi connectivity index (χ2v) is 17.0. The third-order valence-corrected chi connectivity index (χ3v) is 13.0. The molecule has 2 atom stereocenters. The number of methoxy groups -OCH3 is 1. The van der Waals surface area contributed by atoms with E-state index in [0.29, 0.717) is 85.8 Å². The van der Waals surface area contributed by atoms with E-state index in [0.717, 1.165) is 68.3 Å². The number of imide groups is 1. The van der Waals surface area contributed by atoms with Crippen molar-refractivity contribution in [2.45, 2.75) is 121 Å². The summed E-state index contributed by atoms with van der Waals surface area (Å²) in [5, 5.41) is 12.4. The molecule has 8 rings (SSSR count). The zero-order valence-electron chi connectivity index (χ0n) is 36.3. The predicted octanol–water partition coefficient (Wildman–Crippen LogP) is 4.58. The van der Waals surface area contributed by atoms with Crippen molar-refractivity contribution in [2.75, 3.05) is 49.0 Å². The number of carbonyl (C=O) groups is 5. The van der Waals surface area contributed by atoms with Gasteiger partial charge in [-0.15, -0.1) is 0 Å². The molecule has 1 aromatic heterocycles. The molecule has 1 saturated heterocycles. The van der Waals surface area contributed by atoms with E-state index in [9.17, 15) is 24.0 Å². The number of piperidine rings is 1. The molecule has 3 aliphatic heterocycles. The van der Waals surface area contributed by atoms with E-state index in [-0.39, 0.29) is 48.2 Å². The van der Waals surface area contributed by atoms with Gasteiger partial charge in [-0.25, -0.2) is 4.98 Å². The van der Waals surface area contributed by atoms with Crippen LogP contribution in [0.25, 0.3) is 0 Å². The molecule has 0 radical (unpaired) electrons. The predicted molar refractivity (Wildman–Crippen MR) is 237 cm³/mol. The standard InChI is InChI=1S/C47H57N9O7/c1-4-37-46(61)54(2)39-27-49-47(53-42(39)56(37)33-12-5-6-13-33)51-36-20-15-30(26-40(36)62-3)43(58)50-32-18-16-31(17-19-32)48-23-25-63-24-8-7-10-29-11-9-14-34-35(29)28-55(45(34)60)38-21-22-41(57)52-44(38)59/h9,11,14-15,20,26-27,31-33,37-38,48H,4-6,8,12-13,16-19,21-25,28H2,1-3H3,(H,50,58)(H,49,51,53)(H,52,57,59)/t31?,32?,37-,38?/m1/s1. The van der Waals surface area contributed by atoms with Crippen LogP contribution in [-0.2, 0) is 25.7 Å². The molecular formula is C47H57N9O7. The molecule has 2 aliphatic carbocycles. The van der Waals surface area contributed by atoms with Gasteiger partial charge in [0.25, 0.3) is 11.8 Å². The highest BCUT2D eigenvalue weighted by atomic mass is 16.5. The lowest BCUT2D eigenvalue weighted by molar-refractivity contribution is -0.137. The highest BCUT2D eigenvalue weighted by Gasteiger charge is 2.42. The number of nitrogens with one attached hydrogen (secondary N) is 4. The number of likely N-dealkylation sites (N-methyl/N-ethyl adjacent to an activating group) is 1. The summed E-state index contributed by atoms with van der Waals surface area (Å²) in [6.07, 6.45) is 11.4. The molecule has 16 heteroatoms. The summed E-state index contributed by atoms with van der Waals surface area (Å²) < 4.78 is 11.6. The van der Waals surface area contributed by atoms with Crippen molar-refractivity contribution >= 4 is 52.7 Å². The van der Waals surface area contributed by atoms with Crippen molar-refractivity contribution in [1.29, 1.82) is 0 Å².